The standard InChI is InChI=1S/C18H21ClN2/c1-2-18(14-6-8-15(19)9-7-14)21-11-10-13-4-3-5-17(20)16(13)12-21/h3-9,18H,2,10-12,20H2,1H3. The molecule has 2 aromatic carbocycles. The number of fused-ring (bicyclic) bond motifs is 1. The Balaban J connectivity index is 1.86. The molecule has 2 nitrogen and oxygen atoms in total. The van der Waals surface area contributed by atoms with Crippen molar-refractivity contribution in [2.24, 2.45) is 0 Å². The molecule has 0 saturated carbocycles. The van der Waals surface area contributed by atoms with Crippen LogP contribution in [0.2, 0.25) is 5.02 Å². The molecule has 3 heteroatoms. The average molecular weight is 301 g/mol. The first kappa shape index (κ1) is 14.4. The van der Waals surface area contributed by atoms with Crippen molar-refractivity contribution in [1.82, 2.24) is 4.90 Å². The summed E-state index contributed by atoms with van der Waals surface area (Å²) in [5.41, 5.74) is 11.1. The van der Waals surface area contributed by atoms with Gasteiger partial charge in [-0.15, -0.1) is 0 Å². The molecular formula is C18H21ClN2. The van der Waals surface area contributed by atoms with Crippen molar-refractivity contribution in [1.29, 1.82) is 0 Å². The lowest BCUT2D eigenvalue weighted by molar-refractivity contribution is 0.175. The number of nitrogens with zero attached hydrogens (tertiary/aromatic N) is 1. The molecule has 2 aromatic rings. The minimum atomic E-state index is 0.426. The van der Waals surface area contributed by atoms with Crippen molar-refractivity contribution in [3.8, 4) is 0 Å². The van der Waals surface area contributed by atoms with E-state index in [9.17, 15) is 0 Å². The highest BCUT2D eigenvalue weighted by Gasteiger charge is 2.24. The van der Waals surface area contributed by atoms with Gasteiger partial charge >= 0.3 is 0 Å². The Morgan fingerprint density at radius 3 is 2.67 bits per heavy atom. The van der Waals surface area contributed by atoms with Gasteiger partial charge < -0.3 is 5.73 Å². The summed E-state index contributed by atoms with van der Waals surface area (Å²) >= 11 is 6.00. The lowest BCUT2D eigenvalue weighted by Gasteiger charge is -2.36. The molecule has 0 bridgehead atoms. The predicted molar refractivity (Wildman–Crippen MR) is 89.5 cm³/mol. The van der Waals surface area contributed by atoms with E-state index in [0.717, 1.165) is 36.6 Å². The van der Waals surface area contributed by atoms with E-state index in [1.165, 1.54) is 16.7 Å². The van der Waals surface area contributed by atoms with E-state index in [1.54, 1.807) is 0 Å². The van der Waals surface area contributed by atoms with Gasteiger partial charge in [-0.2, -0.15) is 0 Å². The fourth-order valence-electron chi connectivity index (χ4n) is 3.28. The number of halogens is 1. The lowest BCUT2D eigenvalue weighted by atomic mass is 9.94. The van der Waals surface area contributed by atoms with E-state index in [0.29, 0.717) is 6.04 Å². The van der Waals surface area contributed by atoms with Gasteiger partial charge in [0.15, 0.2) is 0 Å². The van der Waals surface area contributed by atoms with Crippen LogP contribution in [0.4, 0.5) is 5.69 Å². The van der Waals surface area contributed by atoms with Crippen LogP contribution in [-0.2, 0) is 13.0 Å². The summed E-state index contributed by atoms with van der Waals surface area (Å²) in [6, 6.07) is 14.9. The normalized spacial score (nSPS) is 16.5. The molecule has 0 amide bonds. The van der Waals surface area contributed by atoms with Crippen LogP contribution in [0.5, 0.6) is 0 Å². The van der Waals surface area contributed by atoms with Gasteiger partial charge in [0.2, 0.25) is 0 Å². The average Bonchev–Trinajstić information content (AvgIpc) is 2.51. The number of hydrogen-bond donors (Lipinski definition) is 1. The topological polar surface area (TPSA) is 29.3 Å². The monoisotopic (exact) mass is 300 g/mol. The van der Waals surface area contributed by atoms with Crippen LogP contribution in [0, 0.1) is 0 Å². The summed E-state index contributed by atoms with van der Waals surface area (Å²) in [6.45, 7) is 4.25. The predicted octanol–water partition coefficient (Wildman–Crippen LogP) is 4.43. The molecule has 21 heavy (non-hydrogen) atoms. The fourth-order valence-corrected chi connectivity index (χ4v) is 3.41. The third kappa shape index (κ3) is 2.92. The number of nitrogens with two attached hydrogens (primary N) is 1. The summed E-state index contributed by atoms with van der Waals surface area (Å²) in [6.07, 6.45) is 2.16. The molecule has 0 saturated heterocycles. The van der Waals surface area contributed by atoms with Gasteiger partial charge in [0, 0.05) is 29.8 Å². The maximum absolute atomic E-state index is 6.16. The van der Waals surface area contributed by atoms with Crippen LogP contribution >= 0.6 is 11.6 Å². The minimum Gasteiger partial charge on any atom is -0.398 e. The van der Waals surface area contributed by atoms with E-state index in [4.69, 9.17) is 17.3 Å². The van der Waals surface area contributed by atoms with Crippen LogP contribution < -0.4 is 5.73 Å². The lowest BCUT2D eigenvalue weighted by Crippen LogP contribution is -2.34. The molecule has 0 spiro atoms. The Morgan fingerprint density at radius 1 is 1.19 bits per heavy atom. The van der Waals surface area contributed by atoms with Gasteiger partial charge in [0.05, 0.1) is 0 Å². The molecule has 0 aliphatic carbocycles. The van der Waals surface area contributed by atoms with Crippen molar-refractivity contribution in [2.75, 3.05) is 12.3 Å². The first-order valence-corrected chi connectivity index (χ1v) is 7.92. The second kappa shape index (κ2) is 6.08. The van der Waals surface area contributed by atoms with Gasteiger partial charge in [0.25, 0.3) is 0 Å². The van der Waals surface area contributed by atoms with Crippen molar-refractivity contribution >= 4 is 17.3 Å². The molecule has 110 valence electrons. The zero-order valence-electron chi connectivity index (χ0n) is 12.3. The van der Waals surface area contributed by atoms with E-state index in [1.807, 2.05) is 18.2 Å². The molecule has 1 aliphatic heterocycles. The van der Waals surface area contributed by atoms with Gasteiger partial charge in [-0.1, -0.05) is 42.8 Å². The zero-order valence-corrected chi connectivity index (χ0v) is 13.1. The molecule has 1 unspecified atom stereocenters. The molecule has 2 N–H and O–H groups in total. The Labute approximate surface area is 131 Å². The smallest absolute Gasteiger partial charge is 0.0406 e. The molecule has 0 fully saturated rings. The third-order valence-electron chi connectivity index (χ3n) is 4.42. The number of nitrogen functional groups attached to an aromatic ring is 1. The Bertz CT molecular complexity index is 622. The first-order valence-electron chi connectivity index (χ1n) is 7.54. The van der Waals surface area contributed by atoms with Crippen LogP contribution in [0.15, 0.2) is 42.5 Å². The summed E-state index contributed by atoms with van der Waals surface area (Å²) in [7, 11) is 0. The van der Waals surface area contributed by atoms with Gasteiger partial charge in [0.1, 0.15) is 0 Å². The molecule has 1 atom stereocenters. The maximum Gasteiger partial charge on any atom is 0.0406 e. The number of benzene rings is 2. The molecule has 3 rings (SSSR count). The number of anilines is 1. The second-order valence-electron chi connectivity index (χ2n) is 5.68. The zero-order chi connectivity index (χ0) is 14.8. The summed E-state index contributed by atoms with van der Waals surface area (Å²) < 4.78 is 0. The summed E-state index contributed by atoms with van der Waals surface area (Å²) in [4.78, 5) is 2.53. The first-order chi connectivity index (χ1) is 10.2. The van der Waals surface area contributed by atoms with E-state index < -0.39 is 0 Å². The molecule has 0 aromatic heterocycles. The number of hydrogen-bond acceptors (Lipinski definition) is 2. The Kier molecular flexibility index (Phi) is 4.18. The van der Waals surface area contributed by atoms with Gasteiger partial charge in [-0.3, -0.25) is 4.90 Å². The maximum atomic E-state index is 6.16. The van der Waals surface area contributed by atoms with Crippen LogP contribution in [0.25, 0.3) is 0 Å². The minimum absolute atomic E-state index is 0.426. The summed E-state index contributed by atoms with van der Waals surface area (Å²) in [5, 5.41) is 0.793. The highest BCUT2D eigenvalue weighted by molar-refractivity contribution is 6.30. The molecule has 1 heterocycles. The Morgan fingerprint density at radius 2 is 1.95 bits per heavy atom. The van der Waals surface area contributed by atoms with Crippen LogP contribution in [-0.4, -0.2) is 11.4 Å². The third-order valence-corrected chi connectivity index (χ3v) is 4.67. The van der Waals surface area contributed by atoms with E-state index >= 15 is 0 Å². The highest BCUT2D eigenvalue weighted by Crippen LogP contribution is 2.32. The fraction of sp³-hybridized carbons (Fsp3) is 0.333. The molecule has 1 aliphatic rings. The largest absolute Gasteiger partial charge is 0.398 e. The molecule has 0 radical (unpaired) electrons. The number of rotatable bonds is 3. The molecular weight excluding hydrogens is 280 g/mol. The van der Waals surface area contributed by atoms with Crippen molar-refractivity contribution in [2.45, 2.75) is 32.4 Å². The van der Waals surface area contributed by atoms with Crippen molar-refractivity contribution < 1.29 is 0 Å². The Hall–Kier alpha value is -1.51. The quantitative estimate of drug-likeness (QED) is 0.850. The van der Waals surface area contributed by atoms with Gasteiger partial charge in [-0.25, -0.2) is 0 Å². The highest BCUT2D eigenvalue weighted by atomic mass is 35.5. The van der Waals surface area contributed by atoms with E-state index in [-0.39, 0.29) is 0 Å². The summed E-state index contributed by atoms with van der Waals surface area (Å²) in [5.74, 6) is 0. The van der Waals surface area contributed by atoms with E-state index in [2.05, 4.69) is 36.1 Å². The second-order valence-corrected chi connectivity index (χ2v) is 6.12. The van der Waals surface area contributed by atoms with Crippen LogP contribution in [0.3, 0.4) is 0 Å². The van der Waals surface area contributed by atoms with Gasteiger partial charge in [-0.05, 0) is 47.7 Å². The van der Waals surface area contributed by atoms with Crippen molar-refractivity contribution in [3.05, 3.63) is 64.2 Å². The van der Waals surface area contributed by atoms with Crippen LogP contribution in [0.1, 0.15) is 36.1 Å². The SMILES string of the molecule is CCC(c1ccc(Cl)cc1)N1CCc2cccc(N)c2C1. The van der Waals surface area contributed by atoms with Crippen molar-refractivity contribution in [3.63, 3.8) is 0 Å².